The van der Waals surface area contributed by atoms with Gasteiger partial charge >= 0.3 is 0 Å². The summed E-state index contributed by atoms with van der Waals surface area (Å²) in [6.45, 7) is 4.58. The topological polar surface area (TPSA) is 73.6 Å². The van der Waals surface area contributed by atoms with Gasteiger partial charge in [0.2, 0.25) is 5.91 Å². The fourth-order valence-corrected chi connectivity index (χ4v) is 2.38. The Kier molecular flexibility index (Phi) is 6.83. The largest absolute Gasteiger partial charge is 0.381 e. The van der Waals surface area contributed by atoms with E-state index in [0.29, 0.717) is 25.7 Å². The molecule has 1 aliphatic rings. The first-order valence-corrected chi connectivity index (χ1v) is 7.93. The van der Waals surface area contributed by atoms with Crippen LogP contribution in [0, 0.1) is 0 Å². The molecular formula is C17H26N2O3. The van der Waals surface area contributed by atoms with Crippen molar-refractivity contribution in [2.75, 3.05) is 13.2 Å². The number of carbonyl (C=O) groups excluding carboxylic acids is 1. The van der Waals surface area contributed by atoms with Crippen LogP contribution in [0.5, 0.6) is 0 Å². The van der Waals surface area contributed by atoms with E-state index in [0.717, 1.165) is 37.2 Å². The lowest BCUT2D eigenvalue weighted by Crippen LogP contribution is -2.29. The van der Waals surface area contributed by atoms with Gasteiger partial charge in [-0.2, -0.15) is 0 Å². The predicted octanol–water partition coefficient (Wildman–Crippen LogP) is 1.74. The zero-order valence-corrected chi connectivity index (χ0v) is 13.2. The van der Waals surface area contributed by atoms with Gasteiger partial charge < -0.3 is 20.5 Å². The molecule has 0 bridgehead atoms. The second-order valence-corrected chi connectivity index (χ2v) is 5.90. The van der Waals surface area contributed by atoms with Gasteiger partial charge in [0.05, 0.1) is 12.7 Å². The number of ether oxygens (including phenoxy) is 2. The van der Waals surface area contributed by atoms with E-state index in [1.165, 1.54) is 0 Å². The van der Waals surface area contributed by atoms with Crippen LogP contribution in [0.15, 0.2) is 24.3 Å². The van der Waals surface area contributed by atoms with E-state index in [4.69, 9.17) is 15.2 Å². The van der Waals surface area contributed by atoms with Crippen LogP contribution in [0.3, 0.4) is 0 Å². The maximum absolute atomic E-state index is 11.5. The van der Waals surface area contributed by atoms with E-state index in [9.17, 15) is 4.79 Å². The molecule has 1 aliphatic heterocycles. The van der Waals surface area contributed by atoms with Crippen LogP contribution in [0.4, 0.5) is 0 Å². The van der Waals surface area contributed by atoms with Crippen LogP contribution in [-0.4, -0.2) is 31.3 Å². The average Bonchev–Trinajstić information content (AvgIpc) is 2.52. The van der Waals surface area contributed by atoms with E-state index in [1.54, 1.807) is 0 Å². The number of amides is 1. The summed E-state index contributed by atoms with van der Waals surface area (Å²) in [5.74, 6) is -0.0121. The quantitative estimate of drug-likeness (QED) is 0.804. The highest BCUT2D eigenvalue weighted by molar-refractivity contribution is 5.76. The maximum atomic E-state index is 11.5. The van der Waals surface area contributed by atoms with Gasteiger partial charge in [0, 0.05) is 32.2 Å². The Hall–Kier alpha value is -1.43. The van der Waals surface area contributed by atoms with Gasteiger partial charge in [0.15, 0.2) is 0 Å². The van der Waals surface area contributed by atoms with Crippen molar-refractivity contribution in [3.63, 3.8) is 0 Å². The lowest BCUT2D eigenvalue weighted by atomic mass is 10.1. The molecule has 1 fully saturated rings. The predicted molar refractivity (Wildman–Crippen MR) is 85.2 cm³/mol. The number of carbonyl (C=O) groups is 1. The lowest BCUT2D eigenvalue weighted by molar-refractivity contribution is -0.121. The summed E-state index contributed by atoms with van der Waals surface area (Å²) in [7, 11) is 0. The molecule has 1 atom stereocenters. The number of nitrogens with two attached hydrogens (primary N) is 1. The molecule has 1 unspecified atom stereocenters. The van der Waals surface area contributed by atoms with Gasteiger partial charge in [-0.3, -0.25) is 4.79 Å². The van der Waals surface area contributed by atoms with E-state index in [-0.39, 0.29) is 11.9 Å². The minimum atomic E-state index is -0.107. The first-order chi connectivity index (χ1) is 10.6. The second kappa shape index (κ2) is 8.88. The van der Waals surface area contributed by atoms with Crippen molar-refractivity contribution in [2.24, 2.45) is 5.73 Å². The first-order valence-electron chi connectivity index (χ1n) is 7.93. The Morgan fingerprint density at radius 1 is 1.32 bits per heavy atom. The Labute approximate surface area is 132 Å². The third-order valence-electron chi connectivity index (χ3n) is 3.67. The van der Waals surface area contributed by atoms with E-state index in [2.05, 4.69) is 5.32 Å². The standard InChI is InChI=1S/C17H26N2O3/c1-13(18)10-17(20)19-11-14-2-4-15(5-3-14)12-22-16-6-8-21-9-7-16/h2-5,13,16H,6-12,18H2,1H3,(H,19,20). The molecule has 0 aliphatic carbocycles. The molecule has 1 amide bonds. The fraction of sp³-hybridized carbons (Fsp3) is 0.588. The molecule has 3 N–H and O–H groups in total. The molecule has 122 valence electrons. The van der Waals surface area contributed by atoms with Gasteiger partial charge in [-0.15, -0.1) is 0 Å². The van der Waals surface area contributed by atoms with Crippen molar-refractivity contribution in [1.82, 2.24) is 5.32 Å². The minimum Gasteiger partial charge on any atom is -0.381 e. The number of hydrogen-bond donors (Lipinski definition) is 2. The molecule has 0 saturated carbocycles. The monoisotopic (exact) mass is 306 g/mol. The van der Waals surface area contributed by atoms with Crippen LogP contribution < -0.4 is 11.1 Å². The average molecular weight is 306 g/mol. The highest BCUT2D eigenvalue weighted by atomic mass is 16.5. The Bertz CT molecular complexity index is 453. The summed E-state index contributed by atoms with van der Waals surface area (Å²) in [5, 5.41) is 2.87. The van der Waals surface area contributed by atoms with Gasteiger partial charge in [-0.1, -0.05) is 24.3 Å². The van der Waals surface area contributed by atoms with Crippen molar-refractivity contribution in [3.05, 3.63) is 35.4 Å². The SMILES string of the molecule is CC(N)CC(=O)NCc1ccc(COC2CCOCC2)cc1. The van der Waals surface area contributed by atoms with E-state index in [1.807, 2.05) is 31.2 Å². The van der Waals surface area contributed by atoms with Crippen LogP contribution in [0.25, 0.3) is 0 Å². The molecule has 1 saturated heterocycles. The van der Waals surface area contributed by atoms with Crippen molar-refractivity contribution in [1.29, 1.82) is 0 Å². The summed E-state index contributed by atoms with van der Waals surface area (Å²) in [4.78, 5) is 11.5. The molecule has 1 heterocycles. The zero-order chi connectivity index (χ0) is 15.8. The zero-order valence-electron chi connectivity index (χ0n) is 13.2. The molecule has 2 rings (SSSR count). The molecular weight excluding hydrogens is 280 g/mol. The summed E-state index contributed by atoms with van der Waals surface area (Å²) < 4.78 is 11.2. The smallest absolute Gasteiger partial charge is 0.221 e. The van der Waals surface area contributed by atoms with E-state index >= 15 is 0 Å². The molecule has 0 aromatic heterocycles. The van der Waals surface area contributed by atoms with Gasteiger partial charge in [0.1, 0.15) is 0 Å². The first kappa shape index (κ1) is 16.9. The maximum Gasteiger partial charge on any atom is 0.221 e. The number of rotatable bonds is 7. The number of nitrogens with one attached hydrogen (secondary N) is 1. The van der Waals surface area contributed by atoms with Crippen molar-refractivity contribution in [2.45, 2.75) is 51.5 Å². The lowest BCUT2D eigenvalue weighted by Gasteiger charge is -2.22. The summed E-state index contributed by atoms with van der Waals surface area (Å²) in [6.07, 6.45) is 2.62. The molecule has 5 nitrogen and oxygen atoms in total. The summed E-state index contributed by atoms with van der Waals surface area (Å²) in [6, 6.07) is 8.03. The van der Waals surface area contributed by atoms with Gasteiger partial charge in [0.25, 0.3) is 0 Å². The van der Waals surface area contributed by atoms with Crippen molar-refractivity contribution in [3.8, 4) is 0 Å². The summed E-state index contributed by atoms with van der Waals surface area (Å²) >= 11 is 0. The third kappa shape index (κ3) is 6.13. The molecule has 0 spiro atoms. The van der Waals surface area contributed by atoms with Crippen LogP contribution in [-0.2, 0) is 27.4 Å². The summed E-state index contributed by atoms with van der Waals surface area (Å²) in [5.41, 5.74) is 7.82. The number of hydrogen-bond acceptors (Lipinski definition) is 4. The highest BCUT2D eigenvalue weighted by Gasteiger charge is 2.13. The fourth-order valence-electron chi connectivity index (χ4n) is 2.38. The Morgan fingerprint density at radius 3 is 2.59 bits per heavy atom. The normalized spacial score (nSPS) is 17.2. The molecule has 1 aromatic rings. The molecule has 1 aromatic carbocycles. The van der Waals surface area contributed by atoms with Crippen LogP contribution >= 0.6 is 0 Å². The Balaban J connectivity index is 1.71. The van der Waals surface area contributed by atoms with E-state index < -0.39 is 0 Å². The minimum absolute atomic E-state index is 0.0121. The molecule has 5 heteroatoms. The van der Waals surface area contributed by atoms with Crippen molar-refractivity contribution >= 4 is 5.91 Å². The van der Waals surface area contributed by atoms with Crippen LogP contribution in [0.2, 0.25) is 0 Å². The van der Waals surface area contributed by atoms with Crippen LogP contribution in [0.1, 0.15) is 37.3 Å². The third-order valence-corrected chi connectivity index (χ3v) is 3.67. The molecule has 22 heavy (non-hydrogen) atoms. The van der Waals surface area contributed by atoms with Gasteiger partial charge in [-0.25, -0.2) is 0 Å². The van der Waals surface area contributed by atoms with Gasteiger partial charge in [-0.05, 0) is 30.9 Å². The second-order valence-electron chi connectivity index (χ2n) is 5.90. The highest BCUT2D eigenvalue weighted by Crippen LogP contribution is 2.14. The molecule has 0 radical (unpaired) electrons. The Morgan fingerprint density at radius 2 is 1.95 bits per heavy atom. The van der Waals surface area contributed by atoms with Crippen molar-refractivity contribution < 1.29 is 14.3 Å². The number of benzene rings is 1.